The molecule has 12 heteroatoms. The van der Waals surface area contributed by atoms with E-state index in [0.717, 1.165) is 37.6 Å². The van der Waals surface area contributed by atoms with E-state index in [1.165, 1.54) is 41.7 Å². The van der Waals surface area contributed by atoms with E-state index in [9.17, 15) is 17.6 Å². The Morgan fingerprint density at radius 1 is 1.05 bits per heavy atom. The first-order valence-electron chi connectivity index (χ1n) is 10.9. The number of sulfone groups is 1. The number of aromatic nitrogens is 5. The van der Waals surface area contributed by atoms with E-state index < -0.39 is 21.6 Å². The van der Waals surface area contributed by atoms with Crippen molar-refractivity contribution in [3.8, 4) is 26.7 Å². The number of pyridine rings is 2. The number of aryl methyl sites for hydroxylation is 1. The quantitative estimate of drug-likeness (QED) is 0.339. The van der Waals surface area contributed by atoms with Crippen LogP contribution in [0.5, 0.6) is 0 Å². The van der Waals surface area contributed by atoms with Gasteiger partial charge in [-0.05, 0) is 61.0 Å². The molecule has 0 aliphatic carbocycles. The van der Waals surface area contributed by atoms with Crippen molar-refractivity contribution in [3.05, 3.63) is 90.4 Å². The van der Waals surface area contributed by atoms with Gasteiger partial charge in [0.2, 0.25) is 0 Å². The molecule has 1 N–H and O–H groups in total. The Hall–Kier alpha value is -4.29. The van der Waals surface area contributed by atoms with E-state index in [0.29, 0.717) is 5.69 Å². The summed E-state index contributed by atoms with van der Waals surface area (Å²) in [5, 5.41) is 7.46. The van der Waals surface area contributed by atoms with Gasteiger partial charge in [-0.2, -0.15) is 5.10 Å². The normalized spacial score (nSPS) is 11.4. The van der Waals surface area contributed by atoms with E-state index in [-0.39, 0.29) is 16.5 Å². The van der Waals surface area contributed by atoms with E-state index in [4.69, 9.17) is 0 Å². The van der Waals surface area contributed by atoms with Crippen LogP contribution in [0.4, 0.5) is 10.2 Å². The van der Waals surface area contributed by atoms with E-state index in [2.05, 4.69) is 25.4 Å². The zero-order valence-electron chi connectivity index (χ0n) is 19.6. The molecule has 4 heterocycles. The third-order valence-corrected chi connectivity index (χ3v) is 7.64. The number of thiazole rings is 1. The molecule has 5 aromatic rings. The third-order valence-electron chi connectivity index (χ3n) is 5.33. The van der Waals surface area contributed by atoms with Gasteiger partial charge in [0, 0.05) is 36.5 Å². The summed E-state index contributed by atoms with van der Waals surface area (Å²) in [5.41, 5.74) is 2.70. The Labute approximate surface area is 215 Å². The first-order valence-corrected chi connectivity index (χ1v) is 13.6. The maximum atomic E-state index is 13.4. The Balaban J connectivity index is 1.44. The van der Waals surface area contributed by atoms with E-state index >= 15 is 0 Å². The van der Waals surface area contributed by atoms with Gasteiger partial charge < -0.3 is 5.32 Å². The lowest BCUT2D eigenvalue weighted by atomic mass is 10.2. The fourth-order valence-corrected chi connectivity index (χ4v) is 5.44. The molecule has 5 rings (SSSR count). The van der Waals surface area contributed by atoms with Crippen molar-refractivity contribution < 1.29 is 17.6 Å². The lowest BCUT2D eigenvalue weighted by molar-refractivity contribution is 0.102. The smallest absolute Gasteiger partial charge is 0.277 e. The number of amides is 1. The monoisotopic (exact) mass is 534 g/mol. The van der Waals surface area contributed by atoms with Crippen LogP contribution in [0.1, 0.15) is 16.2 Å². The molecule has 0 aliphatic rings. The number of carbonyl (C=O) groups is 1. The predicted octanol–water partition coefficient (Wildman–Crippen LogP) is 4.56. The number of hydrogen-bond acceptors (Lipinski definition) is 8. The molecule has 37 heavy (non-hydrogen) atoms. The summed E-state index contributed by atoms with van der Waals surface area (Å²) in [5.74, 6) is -0.868. The summed E-state index contributed by atoms with van der Waals surface area (Å²) in [6.07, 6.45) is 6.02. The van der Waals surface area contributed by atoms with Gasteiger partial charge in [0.25, 0.3) is 5.91 Å². The standard InChI is InChI=1S/C25H19FN6O3S2/c1-15-23(36-25(29-15)17-4-3-10-27-14-17)16-9-11-28-21(12-16)30-24(33)20-13-22(37(2,34)35)32(31-20)19-7-5-18(26)6-8-19/h3-14H,1-2H3,(H,28,30,33). The van der Waals surface area contributed by atoms with Crippen molar-refractivity contribution in [2.75, 3.05) is 11.6 Å². The average molecular weight is 535 g/mol. The van der Waals surface area contributed by atoms with Crippen molar-refractivity contribution in [2.45, 2.75) is 11.9 Å². The van der Waals surface area contributed by atoms with Crippen molar-refractivity contribution in [1.29, 1.82) is 0 Å². The molecule has 4 aromatic heterocycles. The lowest BCUT2D eigenvalue weighted by Crippen LogP contribution is -2.14. The Morgan fingerprint density at radius 2 is 1.84 bits per heavy atom. The number of carbonyl (C=O) groups excluding carboxylic acids is 1. The summed E-state index contributed by atoms with van der Waals surface area (Å²) < 4.78 is 39.1. The van der Waals surface area contributed by atoms with Crippen LogP contribution < -0.4 is 5.32 Å². The minimum atomic E-state index is -3.74. The van der Waals surface area contributed by atoms with Crippen LogP contribution in [0.15, 0.2) is 78.2 Å². The molecule has 0 aliphatic heterocycles. The van der Waals surface area contributed by atoms with Crippen molar-refractivity contribution >= 4 is 32.9 Å². The second kappa shape index (κ2) is 9.64. The highest BCUT2D eigenvalue weighted by atomic mass is 32.2. The summed E-state index contributed by atoms with van der Waals surface area (Å²) in [4.78, 5) is 26.9. The molecule has 0 bridgehead atoms. The molecule has 0 atom stereocenters. The SMILES string of the molecule is Cc1nc(-c2cccnc2)sc1-c1ccnc(NC(=O)c2cc(S(C)(=O)=O)n(-c3ccc(F)cc3)n2)c1. The molecule has 0 saturated heterocycles. The van der Waals surface area contributed by atoms with Crippen LogP contribution in [-0.2, 0) is 9.84 Å². The Morgan fingerprint density at radius 3 is 2.54 bits per heavy atom. The highest BCUT2D eigenvalue weighted by molar-refractivity contribution is 7.90. The molecule has 0 radical (unpaired) electrons. The van der Waals surface area contributed by atoms with Gasteiger partial charge in [-0.1, -0.05) is 0 Å². The van der Waals surface area contributed by atoms with Crippen LogP contribution in [0.25, 0.3) is 26.7 Å². The molecule has 186 valence electrons. The first-order chi connectivity index (χ1) is 17.7. The van der Waals surface area contributed by atoms with Gasteiger partial charge in [-0.15, -0.1) is 11.3 Å². The summed E-state index contributed by atoms with van der Waals surface area (Å²) in [7, 11) is -3.74. The van der Waals surface area contributed by atoms with Crippen molar-refractivity contribution in [1.82, 2.24) is 24.7 Å². The number of halogens is 1. The van der Waals surface area contributed by atoms with Crippen molar-refractivity contribution in [2.24, 2.45) is 0 Å². The minimum absolute atomic E-state index is 0.134. The van der Waals surface area contributed by atoms with Crippen LogP contribution in [0.3, 0.4) is 0 Å². The lowest BCUT2D eigenvalue weighted by Gasteiger charge is -2.06. The minimum Gasteiger partial charge on any atom is -0.305 e. The zero-order chi connectivity index (χ0) is 26.2. The van der Waals surface area contributed by atoms with Crippen LogP contribution >= 0.6 is 11.3 Å². The number of nitrogens with one attached hydrogen (secondary N) is 1. The molecule has 9 nitrogen and oxygen atoms in total. The van der Waals surface area contributed by atoms with Crippen LogP contribution in [0, 0.1) is 12.7 Å². The summed E-state index contributed by atoms with van der Waals surface area (Å²) >= 11 is 1.50. The number of benzene rings is 1. The molecule has 0 saturated carbocycles. The average Bonchev–Trinajstić information content (AvgIpc) is 3.50. The summed E-state index contributed by atoms with van der Waals surface area (Å²) in [6, 6.07) is 13.6. The largest absolute Gasteiger partial charge is 0.305 e. The van der Waals surface area contributed by atoms with Gasteiger partial charge in [-0.25, -0.2) is 27.5 Å². The summed E-state index contributed by atoms with van der Waals surface area (Å²) in [6.45, 7) is 1.90. The molecular weight excluding hydrogens is 515 g/mol. The molecule has 1 aromatic carbocycles. The number of hydrogen-bond donors (Lipinski definition) is 1. The molecule has 0 spiro atoms. The number of rotatable bonds is 6. The van der Waals surface area contributed by atoms with E-state index in [1.807, 2.05) is 25.1 Å². The number of anilines is 1. The Bertz CT molecular complexity index is 1720. The maximum Gasteiger partial charge on any atom is 0.277 e. The highest BCUT2D eigenvalue weighted by Gasteiger charge is 2.22. The Kier molecular flexibility index (Phi) is 6.36. The highest BCUT2D eigenvalue weighted by Crippen LogP contribution is 2.35. The van der Waals surface area contributed by atoms with Crippen LogP contribution in [-0.4, -0.2) is 45.3 Å². The van der Waals surface area contributed by atoms with Gasteiger partial charge in [-0.3, -0.25) is 9.78 Å². The van der Waals surface area contributed by atoms with Crippen LogP contribution in [0.2, 0.25) is 0 Å². The fraction of sp³-hybridized carbons (Fsp3) is 0.0800. The molecule has 0 unspecified atom stereocenters. The molecule has 0 fully saturated rings. The fourth-order valence-electron chi connectivity index (χ4n) is 3.60. The van der Waals surface area contributed by atoms with Gasteiger partial charge in [0.05, 0.1) is 16.3 Å². The zero-order valence-corrected chi connectivity index (χ0v) is 21.2. The molecule has 1 amide bonds. The van der Waals surface area contributed by atoms with Gasteiger partial charge >= 0.3 is 0 Å². The number of nitrogens with zero attached hydrogens (tertiary/aromatic N) is 5. The second-order valence-corrected chi connectivity index (χ2v) is 11.0. The first kappa shape index (κ1) is 24.4. The molecular formula is C25H19FN6O3S2. The topological polar surface area (TPSA) is 120 Å². The van der Waals surface area contributed by atoms with Gasteiger partial charge in [0.1, 0.15) is 16.6 Å². The van der Waals surface area contributed by atoms with Crippen molar-refractivity contribution in [3.63, 3.8) is 0 Å². The van der Waals surface area contributed by atoms with E-state index in [1.54, 1.807) is 24.7 Å². The second-order valence-electron chi connectivity index (χ2n) is 8.09. The van der Waals surface area contributed by atoms with Gasteiger partial charge in [0.15, 0.2) is 20.6 Å². The predicted molar refractivity (Wildman–Crippen MR) is 138 cm³/mol. The maximum absolute atomic E-state index is 13.4. The third kappa shape index (κ3) is 5.15.